The Hall–Kier alpha value is -1.77. The number of hydrogen-bond donors (Lipinski definition) is 1. The van der Waals surface area contributed by atoms with E-state index < -0.39 is 0 Å². The lowest BCUT2D eigenvalue weighted by Crippen LogP contribution is -2.41. The van der Waals surface area contributed by atoms with Gasteiger partial charge in [0.05, 0.1) is 6.54 Å². The molecule has 0 bridgehead atoms. The number of likely N-dealkylation sites (N-methyl/N-ethyl adjacent to an activating group) is 2. The molecule has 1 aromatic carbocycles. The fraction of sp³-hybridized carbons (Fsp3) is 0.444. The third-order valence-electron chi connectivity index (χ3n) is 3.41. The highest BCUT2D eigenvalue weighted by atomic mass is 127. The third kappa shape index (κ3) is 8.76. The maximum absolute atomic E-state index is 11.7. The molecule has 0 unspecified atom stereocenters. The van der Waals surface area contributed by atoms with Gasteiger partial charge in [-0.05, 0) is 18.6 Å². The summed E-state index contributed by atoms with van der Waals surface area (Å²) in [5.74, 6) is 1.49. The van der Waals surface area contributed by atoms with Crippen molar-refractivity contribution in [2.45, 2.75) is 6.92 Å². The number of halogens is 1. The Morgan fingerprint density at radius 2 is 2.00 bits per heavy atom. The standard InChI is InChI=1S/C18H28N4O2.HI/c1-6-11-19-18(20-14-17(23)21(3)4)22(5)12-13-24-16-10-8-7-9-15(16)2;/h6-10H,1,11-14H2,2-5H3,(H,19,20);1H. The fourth-order valence-corrected chi connectivity index (χ4v) is 1.88. The number of ether oxygens (including phenoxy) is 1. The summed E-state index contributed by atoms with van der Waals surface area (Å²) in [6.45, 7) is 7.57. The maximum atomic E-state index is 11.7. The fourth-order valence-electron chi connectivity index (χ4n) is 1.88. The molecule has 140 valence electrons. The van der Waals surface area contributed by atoms with E-state index in [-0.39, 0.29) is 36.4 Å². The molecule has 0 aliphatic heterocycles. The summed E-state index contributed by atoms with van der Waals surface area (Å²) in [7, 11) is 5.35. The molecule has 0 radical (unpaired) electrons. The second-order valence-electron chi connectivity index (χ2n) is 5.63. The van der Waals surface area contributed by atoms with Crippen LogP contribution in [0.25, 0.3) is 0 Å². The number of hydrogen-bond acceptors (Lipinski definition) is 3. The Bertz CT molecular complexity index is 576. The first-order valence-corrected chi connectivity index (χ1v) is 7.94. The number of guanidine groups is 1. The SMILES string of the molecule is C=CCNC(=NCC(=O)N(C)C)N(C)CCOc1ccccc1C.I. The smallest absolute Gasteiger partial charge is 0.243 e. The molecule has 0 saturated heterocycles. The van der Waals surface area contributed by atoms with Crippen molar-refractivity contribution >= 4 is 35.8 Å². The van der Waals surface area contributed by atoms with Crippen molar-refractivity contribution in [3.05, 3.63) is 42.5 Å². The number of nitrogens with one attached hydrogen (secondary N) is 1. The first-order valence-electron chi connectivity index (χ1n) is 7.94. The monoisotopic (exact) mass is 460 g/mol. The van der Waals surface area contributed by atoms with Crippen molar-refractivity contribution in [2.24, 2.45) is 4.99 Å². The van der Waals surface area contributed by atoms with Crippen LogP contribution in [0.3, 0.4) is 0 Å². The van der Waals surface area contributed by atoms with Crippen molar-refractivity contribution in [1.82, 2.24) is 15.1 Å². The molecule has 0 heterocycles. The van der Waals surface area contributed by atoms with E-state index in [1.165, 1.54) is 4.90 Å². The average molecular weight is 460 g/mol. The van der Waals surface area contributed by atoms with Gasteiger partial charge in [0, 0.05) is 27.7 Å². The number of aryl methyl sites for hydroxylation is 1. The van der Waals surface area contributed by atoms with Crippen molar-refractivity contribution < 1.29 is 9.53 Å². The summed E-state index contributed by atoms with van der Waals surface area (Å²) >= 11 is 0. The van der Waals surface area contributed by atoms with Gasteiger partial charge < -0.3 is 19.9 Å². The van der Waals surface area contributed by atoms with Gasteiger partial charge in [-0.1, -0.05) is 24.3 Å². The molecule has 1 amide bonds. The quantitative estimate of drug-likeness (QED) is 0.280. The number of amides is 1. The van der Waals surface area contributed by atoms with Crippen LogP contribution in [0.1, 0.15) is 5.56 Å². The van der Waals surface area contributed by atoms with E-state index in [0.717, 1.165) is 11.3 Å². The second-order valence-corrected chi connectivity index (χ2v) is 5.63. The highest BCUT2D eigenvalue weighted by Gasteiger charge is 2.09. The molecule has 1 rings (SSSR count). The van der Waals surface area contributed by atoms with Gasteiger partial charge in [0.2, 0.25) is 5.91 Å². The minimum atomic E-state index is -0.0440. The summed E-state index contributed by atoms with van der Waals surface area (Å²) in [5.41, 5.74) is 1.11. The second kappa shape index (κ2) is 12.6. The van der Waals surface area contributed by atoms with E-state index in [1.807, 2.05) is 43.1 Å². The normalized spacial score (nSPS) is 10.5. The lowest BCUT2D eigenvalue weighted by molar-refractivity contribution is -0.127. The van der Waals surface area contributed by atoms with Crippen molar-refractivity contribution in [3.63, 3.8) is 0 Å². The largest absolute Gasteiger partial charge is 0.491 e. The molecule has 1 N–H and O–H groups in total. The van der Waals surface area contributed by atoms with Crippen LogP contribution in [-0.2, 0) is 4.79 Å². The van der Waals surface area contributed by atoms with Crippen molar-refractivity contribution in [2.75, 3.05) is 47.4 Å². The Kier molecular flexibility index (Phi) is 11.7. The van der Waals surface area contributed by atoms with Gasteiger partial charge in [-0.25, -0.2) is 4.99 Å². The molecule has 7 heteroatoms. The Balaban J connectivity index is 0.00000576. The molecule has 25 heavy (non-hydrogen) atoms. The lowest BCUT2D eigenvalue weighted by Gasteiger charge is -2.22. The Labute approximate surface area is 168 Å². The van der Waals surface area contributed by atoms with E-state index in [0.29, 0.717) is 25.7 Å². The topological polar surface area (TPSA) is 57.2 Å². The maximum Gasteiger partial charge on any atom is 0.243 e. The van der Waals surface area contributed by atoms with Crippen LogP contribution in [0.4, 0.5) is 0 Å². The zero-order valence-electron chi connectivity index (χ0n) is 15.5. The Morgan fingerprint density at radius 1 is 1.32 bits per heavy atom. The van der Waals surface area contributed by atoms with Crippen LogP contribution in [0.15, 0.2) is 41.9 Å². The molecule has 0 aliphatic rings. The van der Waals surface area contributed by atoms with Gasteiger partial charge in [-0.15, -0.1) is 30.6 Å². The molecule has 6 nitrogen and oxygen atoms in total. The third-order valence-corrected chi connectivity index (χ3v) is 3.41. The van der Waals surface area contributed by atoms with Crippen molar-refractivity contribution in [3.8, 4) is 5.75 Å². The molecule has 1 aromatic rings. The number of carbonyl (C=O) groups is 1. The number of nitrogens with zero attached hydrogens (tertiary/aromatic N) is 3. The number of benzene rings is 1. The molecule has 0 aliphatic carbocycles. The first kappa shape index (κ1) is 23.2. The highest BCUT2D eigenvalue weighted by Crippen LogP contribution is 2.15. The molecule has 0 atom stereocenters. The first-order chi connectivity index (χ1) is 11.5. The average Bonchev–Trinajstić information content (AvgIpc) is 2.56. The number of rotatable bonds is 8. The molecule has 0 saturated carbocycles. The zero-order valence-corrected chi connectivity index (χ0v) is 17.8. The van der Waals surface area contributed by atoms with Crippen LogP contribution in [0.5, 0.6) is 5.75 Å². The van der Waals surface area contributed by atoms with Crippen LogP contribution in [0.2, 0.25) is 0 Å². The molecular weight excluding hydrogens is 431 g/mol. The lowest BCUT2D eigenvalue weighted by atomic mass is 10.2. The summed E-state index contributed by atoms with van der Waals surface area (Å²) in [5, 5.41) is 3.16. The van der Waals surface area contributed by atoms with E-state index in [2.05, 4.69) is 16.9 Å². The van der Waals surface area contributed by atoms with E-state index in [4.69, 9.17) is 4.74 Å². The van der Waals surface area contributed by atoms with Gasteiger partial charge >= 0.3 is 0 Å². The van der Waals surface area contributed by atoms with Gasteiger partial charge in [0.1, 0.15) is 18.9 Å². The zero-order chi connectivity index (χ0) is 17.9. The number of aliphatic imine (C=N–C) groups is 1. The summed E-state index contributed by atoms with van der Waals surface area (Å²) in [4.78, 5) is 19.5. The molecule has 0 aromatic heterocycles. The van der Waals surface area contributed by atoms with E-state index >= 15 is 0 Å². The van der Waals surface area contributed by atoms with Crippen LogP contribution in [0, 0.1) is 6.92 Å². The highest BCUT2D eigenvalue weighted by molar-refractivity contribution is 14.0. The van der Waals surface area contributed by atoms with Crippen molar-refractivity contribution in [1.29, 1.82) is 0 Å². The number of carbonyl (C=O) groups excluding carboxylic acids is 1. The van der Waals surface area contributed by atoms with Gasteiger partial charge in [-0.3, -0.25) is 4.79 Å². The minimum Gasteiger partial charge on any atom is -0.491 e. The Morgan fingerprint density at radius 3 is 2.60 bits per heavy atom. The predicted octanol–water partition coefficient (Wildman–Crippen LogP) is 2.14. The van der Waals surface area contributed by atoms with Crippen LogP contribution < -0.4 is 10.1 Å². The summed E-state index contributed by atoms with van der Waals surface area (Å²) in [6.07, 6.45) is 1.75. The van der Waals surface area contributed by atoms with Crippen LogP contribution in [-0.4, -0.2) is 69.1 Å². The molecular formula is C18H29IN4O2. The van der Waals surface area contributed by atoms with Gasteiger partial charge in [0.15, 0.2) is 5.96 Å². The summed E-state index contributed by atoms with van der Waals surface area (Å²) < 4.78 is 5.81. The van der Waals surface area contributed by atoms with Crippen LogP contribution >= 0.6 is 24.0 Å². The number of para-hydroxylation sites is 1. The van der Waals surface area contributed by atoms with E-state index in [1.54, 1.807) is 20.2 Å². The molecule has 0 fully saturated rings. The van der Waals surface area contributed by atoms with Gasteiger partial charge in [-0.2, -0.15) is 0 Å². The van der Waals surface area contributed by atoms with E-state index in [9.17, 15) is 4.79 Å². The van der Waals surface area contributed by atoms with Gasteiger partial charge in [0.25, 0.3) is 0 Å². The minimum absolute atomic E-state index is 0. The molecule has 0 spiro atoms. The summed E-state index contributed by atoms with van der Waals surface area (Å²) in [6, 6.07) is 7.91. The predicted molar refractivity (Wildman–Crippen MR) is 114 cm³/mol.